The molecule has 17 heavy (non-hydrogen) atoms. The van der Waals surface area contributed by atoms with Crippen LogP contribution in [0.3, 0.4) is 0 Å². The first-order chi connectivity index (χ1) is 8.11. The lowest BCUT2D eigenvalue weighted by molar-refractivity contribution is -0.134. The maximum Gasteiger partial charge on any atom is 0.136 e. The zero-order valence-corrected chi connectivity index (χ0v) is 11.4. The Morgan fingerprint density at radius 1 is 1.65 bits per heavy atom. The number of ketones is 1. The van der Waals surface area contributed by atoms with Gasteiger partial charge in [-0.3, -0.25) is 4.79 Å². The van der Waals surface area contributed by atoms with Crippen molar-refractivity contribution in [3.05, 3.63) is 0 Å². The quantitative estimate of drug-likeness (QED) is 0.837. The summed E-state index contributed by atoms with van der Waals surface area (Å²) in [5.74, 6) is 2.88. The second-order valence-corrected chi connectivity index (χ2v) is 6.61. The van der Waals surface area contributed by atoms with Crippen molar-refractivity contribution in [1.82, 2.24) is 0 Å². The molecule has 0 radical (unpaired) electrons. The molecule has 0 bridgehead atoms. The number of rotatable bonds is 4. The number of Topliss-reactive ketones (excluding diaryl/α,β-unsaturated/α-hetero) is 1. The van der Waals surface area contributed by atoms with E-state index in [9.17, 15) is 4.79 Å². The number of ether oxygens (including phenoxy) is 1. The number of carbonyl (C=O) groups excluding carboxylic acids is 1. The summed E-state index contributed by atoms with van der Waals surface area (Å²) in [6.45, 7) is 2.72. The Labute approximate surface area is 108 Å². The van der Waals surface area contributed by atoms with Gasteiger partial charge in [-0.15, -0.1) is 0 Å². The fraction of sp³-hybridized carbons (Fsp3) is 0.923. The average molecular weight is 257 g/mol. The summed E-state index contributed by atoms with van der Waals surface area (Å²) in [5, 5.41) is 0. The van der Waals surface area contributed by atoms with E-state index in [0.717, 1.165) is 38.0 Å². The van der Waals surface area contributed by atoms with Crippen molar-refractivity contribution < 1.29 is 9.53 Å². The van der Waals surface area contributed by atoms with E-state index in [1.165, 1.54) is 5.75 Å². The Morgan fingerprint density at radius 2 is 2.47 bits per heavy atom. The van der Waals surface area contributed by atoms with Crippen LogP contribution in [0.25, 0.3) is 0 Å². The second kappa shape index (κ2) is 5.72. The third kappa shape index (κ3) is 3.46. The zero-order chi connectivity index (χ0) is 12.3. The van der Waals surface area contributed by atoms with Crippen LogP contribution in [0.2, 0.25) is 0 Å². The highest BCUT2D eigenvalue weighted by Gasteiger charge is 2.42. The van der Waals surface area contributed by atoms with Gasteiger partial charge in [0.25, 0.3) is 0 Å². The van der Waals surface area contributed by atoms with E-state index in [1.807, 2.05) is 18.7 Å². The van der Waals surface area contributed by atoms with Crippen molar-refractivity contribution in [2.24, 2.45) is 11.7 Å². The molecule has 0 aromatic rings. The lowest BCUT2D eigenvalue weighted by Gasteiger charge is -2.37. The SMILES string of the molecule is CC(N)CCC(=O)C1CCOC2(CCSC2)C1. The molecule has 2 rings (SSSR count). The Kier molecular flexibility index (Phi) is 4.50. The van der Waals surface area contributed by atoms with Gasteiger partial charge in [0.15, 0.2) is 0 Å². The van der Waals surface area contributed by atoms with E-state index in [2.05, 4.69) is 0 Å². The Hall–Kier alpha value is -0.0600. The molecule has 2 aliphatic rings. The average Bonchev–Trinajstić information content (AvgIpc) is 2.74. The van der Waals surface area contributed by atoms with Crippen molar-refractivity contribution in [3.63, 3.8) is 0 Å². The Bertz CT molecular complexity index is 275. The van der Waals surface area contributed by atoms with Crippen LogP contribution in [0, 0.1) is 5.92 Å². The molecule has 0 aliphatic carbocycles. The molecule has 4 heteroatoms. The highest BCUT2D eigenvalue weighted by atomic mass is 32.2. The van der Waals surface area contributed by atoms with Gasteiger partial charge in [0, 0.05) is 30.7 Å². The fourth-order valence-electron chi connectivity index (χ4n) is 2.74. The molecular weight excluding hydrogens is 234 g/mol. The van der Waals surface area contributed by atoms with E-state index in [0.29, 0.717) is 12.2 Å². The van der Waals surface area contributed by atoms with E-state index >= 15 is 0 Å². The smallest absolute Gasteiger partial charge is 0.136 e. The van der Waals surface area contributed by atoms with Gasteiger partial charge in [-0.2, -0.15) is 11.8 Å². The normalized spacial score (nSPS) is 35.1. The van der Waals surface area contributed by atoms with Crippen LogP contribution in [0.4, 0.5) is 0 Å². The fourth-order valence-corrected chi connectivity index (χ4v) is 4.12. The minimum absolute atomic E-state index is 0.0254. The Balaban J connectivity index is 1.86. The molecule has 0 aromatic heterocycles. The summed E-state index contributed by atoms with van der Waals surface area (Å²) in [5.41, 5.74) is 5.73. The molecule has 0 aromatic carbocycles. The van der Waals surface area contributed by atoms with Crippen LogP contribution in [-0.4, -0.2) is 35.5 Å². The number of hydrogen-bond acceptors (Lipinski definition) is 4. The van der Waals surface area contributed by atoms with Crippen molar-refractivity contribution in [2.75, 3.05) is 18.1 Å². The van der Waals surface area contributed by atoms with Crippen molar-refractivity contribution in [1.29, 1.82) is 0 Å². The van der Waals surface area contributed by atoms with Crippen LogP contribution < -0.4 is 5.73 Å². The third-order valence-electron chi connectivity index (χ3n) is 3.86. The molecule has 2 N–H and O–H groups in total. The van der Waals surface area contributed by atoms with Crippen LogP contribution >= 0.6 is 11.8 Å². The predicted octanol–water partition coefficient (Wildman–Crippen LogP) is 1.99. The molecule has 98 valence electrons. The van der Waals surface area contributed by atoms with Crippen LogP contribution in [0.1, 0.15) is 39.0 Å². The monoisotopic (exact) mass is 257 g/mol. The lowest BCUT2D eigenvalue weighted by atomic mass is 9.82. The molecule has 2 saturated heterocycles. The van der Waals surface area contributed by atoms with Gasteiger partial charge in [0.05, 0.1) is 5.60 Å². The summed E-state index contributed by atoms with van der Waals surface area (Å²) in [4.78, 5) is 12.1. The maximum absolute atomic E-state index is 12.1. The molecule has 2 heterocycles. The topological polar surface area (TPSA) is 52.3 Å². The largest absolute Gasteiger partial charge is 0.374 e. The van der Waals surface area contributed by atoms with Gasteiger partial charge in [0.1, 0.15) is 5.78 Å². The van der Waals surface area contributed by atoms with Crippen molar-refractivity contribution in [2.45, 2.75) is 50.7 Å². The predicted molar refractivity (Wildman–Crippen MR) is 71.2 cm³/mol. The standard InChI is InChI=1S/C13H23NO2S/c1-10(14)2-3-12(15)11-4-6-16-13(8-11)5-7-17-9-13/h10-11H,2-9,14H2,1H3. The molecular formula is C13H23NO2S. The number of hydrogen-bond donors (Lipinski definition) is 1. The van der Waals surface area contributed by atoms with Crippen LogP contribution in [-0.2, 0) is 9.53 Å². The van der Waals surface area contributed by atoms with Gasteiger partial charge >= 0.3 is 0 Å². The summed E-state index contributed by atoms with van der Waals surface area (Å²) in [7, 11) is 0. The molecule has 2 fully saturated rings. The first kappa shape index (κ1) is 13.4. The van der Waals surface area contributed by atoms with Crippen LogP contribution in [0.15, 0.2) is 0 Å². The molecule has 3 atom stereocenters. The van der Waals surface area contributed by atoms with Crippen molar-refractivity contribution >= 4 is 17.5 Å². The molecule has 3 nitrogen and oxygen atoms in total. The molecule has 2 aliphatic heterocycles. The summed E-state index contributed by atoms with van der Waals surface area (Å²) in [6.07, 6.45) is 4.43. The number of carbonyl (C=O) groups is 1. The number of thioether (sulfide) groups is 1. The van der Waals surface area contributed by atoms with Crippen LogP contribution in [0.5, 0.6) is 0 Å². The second-order valence-electron chi connectivity index (χ2n) is 5.51. The van der Waals surface area contributed by atoms with Crippen molar-refractivity contribution in [3.8, 4) is 0 Å². The molecule has 0 saturated carbocycles. The van der Waals surface area contributed by atoms with Gasteiger partial charge in [-0.1, -0.05) is 0 Å². The maximum atomic E-state index is 12.1. The first-order valence-corrected chi connectivity index (χ1v) is 7.77. The number of nitrogens with two attached hydrogens (primary N) is 1. The molecule has 1 spiro atoms. The van der Waals surface area contributed by atoms with Gasteiger partial charge < -0.3 is 10.5 Å². The summed E-state index contributed by atoms with van der Waals surface area (Å²) in [6, 6.07) is 0.134. The molecule has 3 unspecified atom stereocenters. The third-order valence-corrected chi connectivity index (χ3v) is 5.08. The zero-order valence-electron chi connectivity index (χ0n) is 10.6. The van der Waals surface area contributed by atoms with E-state index in [1.54, 1.807) is 0 Å². The van der Waals surface area contributed by atoms with E-state index < -0.39 is 0 Å². The minimum atomic E-state index is 0.0254. The highest BCUT2D eigenvalue weighted by Crippen LogP contribution is 2.40. The highest BCUT2D eigenvalue weighted by molar-refractivity contribution is 7.99. The summed E-state index contributed by atoms with van der Waals surface area (Å²) >= 11 is 1.96. The van der Waals surface area contributed by atoms with Gasteiger partial charge in [-0.25, -0.2) is 0 Å². The van der Waals surface area contributed by atoms with Gasteiger partial charge in [-0.05, 0) is 38.4 Å². The van der Waals surface area contributed by atoms with Gasteiger partial charge in [0.2, 0.25) is 0 Å². The van der Waals surface area contributed by atoms with E-state index in [4.69, 9.17) is 10.5 Å². The first-order valence-electron chi connectivity index (χ1n) is 6.61. The lowest BCUT2D eigenvalue weighted by Crippen LogP contribution is -2.42. The van der Waals surface area contributed by atoms with E-state index in [-0.39, 0.29) is 17.6 Å². The molecule has 0 amide bonds. The summed E-state index contributed by atoms with van der Waals surface area (Å²) < 4.78 is 5.93. The minimum Gasteiger partial charge on any atom is -0.374 e. The Morgan fingerprint density at radius 3 is 3.12 bits per heavy atom.